The lowest BCUT2D eigenvalue weighted by Crippen LogP contribution is -2.25. The molecule has 0 amide bonds. The first kappa shape index (κ1) is 26.7. The number of alkyl halides is 12. The summed E-state index contributed by atoms with van der Waals surface area (Å²) in [4.78, 5) is 0. The van der Waals surface area contributed by atoms with Crippen LogP contribution in [0.1, 0.15) is 52.0 Å². The molecule has 2 aromatic carbocycles. The number of benzene rings is 2. The van der Waals surface area contributed by atoms with Crippen molar-refractivity contribution in [3.63, 3.8) is 0 Å². The van der Waals surface area contributed by atoms with Gasteiger partial charge in [0.25, 0.3) is 0 Å². The number of hydrogen-bond donors (Lipinski definition) is 0. The molecule has 1 saturated heterocycles. The number of hydrogen-bond acceptors (Lipinski definition) is 2. The van der Waals surface area contributed by atoms with E-state index in [0.29, 0.717) is 24.3 Å². The molecule has 1 aliphatic rings. The van der Waals surface area contributed by atoms with Gasteiger partial charge in [-0.2, -0.15) is 52.7 Å². The second kappa shape index (κ2) is 8.93. The van der Waals surface area contributed by atoms with Gasteiger partial charge in [0, 0.05) is 6.42 Å². The van der Waals surface area contributed by atoms with E-state index in [1.165, 1.54) is 0 Å². The van der Waals surface area contributed by atoms with E-state index in [1.807, 2.05) is 0 Å². The molecule has 2 aromatic rings. The minimum absolute atomic E-state index is 0.115. The molecule has 0 saturated carbocycles. The summed E-state index contributed by atoms with van der Waals surface area (Å²) < 4.78 is 168. The highest BCUT2D eigenvalue weighted by Crippen LogP contribution is 2.43. The van der Waals surface area contributed by atoms with Crippen molar-refractivity contribution in [2.45, 2.75) is 43.3 Å². The Morgan fingerprint density at radius 2 is 0.765 bits per heavy atom. The van der Waals surface area contributed by atoms with E-state index in [9.17, 15) is 52.7 Å². The molecule has 2 nitrogen and oxygen atoms in total. The quantitative estimate of drug-likeness (QED) is 0.299. The van der Waals surface area contributed by atoms with E-state index in [4.69, 9.17) is 7.58 Å². The van der Waals surface area contributed by atoms with E-state index < -0.39 is 92.6 Å². The monoisotopic (exact) mass is 525 g/mol. The van der Waals surface area contributed by atoms with Gasteiger partial charge in [0.15, 0.2) is 0 Å². The molecule has 1 fully saturated rings. The molecule has 15 heteroatoms. The van der Waals surface area contributed by atoms with Crippen LogP contribution in [0.2, 0.25) is 0 Å². The van der Waals surface area contributed by atoms with Gasteiger partial charge in [-0.05, 0) is 47.5 Å². The first-order chi connectivity index (χ1) is 15.4. The molecule has 1 aliphatic heterocycles. The van der Waals surface area contributed by atoms with Crippen molar-refractivity contribution >= 4 is 15.9 Å². The predicted molar refractivity (Wildman–Crippen MR) is 90.9 cm³/mol. The summed E-state index contributed by atoms with van der Waals surface area (Å²) in [5.74, 6) is 0. The Morgan fingerprint density at radius 1 is 0.500 bits per heavy atom. The Kier molecular flexibility index (Phi) is 7.00. The molecule has 1 heterocycles. The van der Waals surface area contributed by atoms with E-state index in [-0.39, 0.29) is 12.1 Å². The normalized spacial score (nSPS) is 20.2. The van der Waals surface area contributed by atoms with Gasteiger partial charge in [0.05, 0.1) is 34.5 Å². The summed E-state index contributed by atoms with van der Waals surface area (Å²) in [6, 6.07) is 1.30. The van der Waals surface area contributed by atoms with Crippen molar-refractivity contribution in [1.82, 2.24) is 0 Å². The maximum atomic E-state index is 13.1. The Morgan fingerprint density at radius 3 is 1.00 bits per heavy atom. The molecule has 0 spiro atoms. The van der Waals surface area contributed by atoms with Crippen molar-refractivity contribution in [1.29, 1.82) is 0 Å². The molecule has 185 valence electrons. The molecule has 2 atom stereocenters. The summed E-state index contributed by atoms with van der Waals surface area (Å²) in [5.41, 5.74) is -7.75. The van der Waals surface area contributed by atoms with Crippen LogP contribution >= 0.6 is 0 Å². The second-order valence-electron chi connectivity index (χ2n) is 7.26. The van der Waals surface area contributed by atoms with Crippen molar-refractivity contribution in [2.75, 3.05) is 0 Å². The second-order valence-corrected chi connectivity index (χ2v) is 8.00. The van der Waals surface area contributed by atoms with E-state index in [1.54, 1.807) is 0 Å². The summed E-state index contributed by atoms with van der Waals surface area (Å²) in [7, 11) is 0. The summed E-state index contributed by atoms with van der Waals surface area (Å²) in [6.07, 6.45) is -24.2. The van der Waals surface area contributed by atoms with Gasteiger partial charge in [-0.25, -0.2) is 0 Å². The highest BCUT2D eigenvalue weighted by molar-refractivity contribution is 6.18. The third-order valence-corrected chi connectivity index (χ3v) is 5.71. The molecule has 0 N–H and O–H groups in total. The average Bonchev–Trinajstić information content (AvgIpc) is 2.70. The minimum Gasteiger partial charge on any atom is -0.478 e. The van der Waals surface area contributed by atoms with Crippen molar-refractivity contribution in [3.8, 4) is 0 Å². The van der Waals surface area contributed by atoms with E-state index >= 15 is 0 Å². The van der Waals surface area contributed by atoms with Crippen molar-refractivity contribution in [3.05, 3.63) is 69.8 Å². The van der Waals surface area contributed by atoms with Gasteiger partial charge < -0.3 is 7.58 Å². The number of rotatable bonds is 2. The van der Waals surface area contributed by atoms with E-state index in [2.05, 4.69) is 0 Å². The highest BCUT2D eigenvalue weighted by atomic mass is 27.2. The molecule has 0 aromatic heterocycles. The molecule has 3 rings (SSSR count). The third-order valence-electron chi connectivity index (χ3n) is 4.83. The molecule has 1 radical (unpaired) electrons. The lowest BCUT2D eigenvalue weighted by molar-refractivity contribution is -0.144. The zero-order valence-electron chi connectivity index (χ0n) is 16.3. The van der Waals surface area contributed by atoms with Crippen molar-refractivity contribution in [2.24, 2.45) is 0 Å². The fourth-order valence-electron chi connectivity index (χ4n) is 3.23. The predicted octanol–water partition coefficient (Wildman–Crippen LogP) is 7.52. The summed E-state index contributed by atoms with van der Waals surface area (Å²) >= 11 is -1.63. The first-order valence-corrected chi connectivity index (χ1v) is 10.0. The summed E-state index contributed by atoms with van der Waals surface area (Å²) in [6.45, 7) is 0. The van der Waals surface area contributed by atoms with Gasteiger partial charge in [-0.1, -0.05) is 0 Å². The van der Waals surface area contributed by atoms with Crippen LogP contribution in [0.15, 0.2) is 36.4 Å². The lowest BCUT2D eigenvalue weighted by atomic mass is 9.93. The zero-order valence-corrected chi connectivity index (χ0v) is 17.4. The molecule has 0 bridgehead atoms. The standard InChI is InChI=1S/C19H10F12O2.Al/c20-16(21,22)10-1-8(2-11(5-10)17(23,24)25)14(32)7-15(33)9-3-12(18(26,27)28)6-13(4-9)19(29,30)31;/h1-6,14-15H,7H2;/q-2;+2. The van der Waals surface area contributed by atoms with Gasteiger partial charge in [-0.3, -0.25) is 0 Å². The van der Waals surface area contributed by atoms with Crippen molar-refractivity contribution < 1.29 is 60.3 Å². The molecule has 0 aliphatic carbocycles. The third kappa shape index (κ3) is 6.18. The van der Waals surface area contributed by atoms with E-state index in [0.717, 1.165) is 0 Å². The topological polar surface area (TPSA) is 18.5 Å². The average molecular weight is 525 g/mol. The Labute approximate surface area is 189 Å². The maximum absolute atomic E-state index is 13.1. The Hall–Kier alpha value is -1.95. The minimum atomic E-state index is -5.16. The fourth-order valence-corrected chi connectivity index (χ4v) is 4.10. The number of halogens is 12. The molecular weight excluding hydrogens is 515 g/mol. The van der Waals surface area contributed by atoms with Crippen LogP contribution in [-0.4, -0.2) is 15.9 Å². The smallest absolute Gasteiger partial charge is 0.478 e. The van der Waals surface area contributed by atoms with Crippen LogP contribution in [0.3, 0.4) is 0 Å². The molecular formula is C19H10AlF12O2. The molecule has 34 heavy (non-hydrogen) atoms. The van der Waals surface area contributed by atoms with Crippen LogP contribution < -0.4 is 0 Å². The SMILES string of the molecule is FC(F)(F)c1cc(C2CC(c3cc(C(F)(F)F)cc(C(F)(F)F)c3)[O][Al][O]2)cc(C(F)(F)F)c1. The zero-order chi connectivity index (χ0) is 25.7. The largest absolute Gasteiger partial charge is 0.669 e. The first-order valence-electron chi connectivity index (χ1n) is 9.07. The van der Waals surface area contributed by atoms with Crippen LogP contribution in [0.4, 0.5) is 52.7 Å². The summed E-state index contributed by atoms with van der Waals surface area (Å²) in [5, 5.41) is 0. The Bertz CT molecular complexity index is 894. The maximum Gasteiger partial charge on any atom is 0.669 e. The molecule has 2 unspecified atom stereocenters. The van der Waals surface area contributed by atoms with Gasteiger partial charge in [-0.15, -0.1) is 0 Å². The fraction of sp³-hybridized carbons (Fsp3) is 0.368. The van der Waals surface area contributed by atoms with Gasteiger partial charge in [0.2, 0.25) is 0 Å². The van der Waals surface area contributed by atoms with Crippen LogP contribution in [0.5, 0.6) is 0 Å². The van der Waals surface area contributed by atoms with Gasteiger partial charge >= 0.3 is 40.6 Å². The van der Waals surface area contributed by atoms with Crippen LogP contribution in [0, 0.1) is 0 Å². The van der Waals surface area contributed by atoms with Gasteiger partial charge in [0.1, 0.15) is 0 Å². The van der Waals surface area contributed by atoms with Crippen LogP contribution in [-0.2, 0) is 32.3 Å². The lowest BCUT2D eigenvalue weighted by Gasteiger charge is -2.32. The highest BCUT2D eigenvalue weighted by Gasteiger charge is 2.40. The van der Waals surface area contributed by atoms with Crippen LogP contribution in [0.25, 0.3) is 0 Å². The Balaban J connectivity index is 2.02.